The van der Waals surface area contributed by atoms with Crippen molar-refractivity contribution in [3.8, 4) is 5.75 Å². The van der Waals surface area contributed by atoms with E-state index >= 15 is 0 Å². The monoisotopic (exact) mass is 546 g/mol. The number of guanidine groups is 1. The summed E-state index contributed by atoms with van der Waals surface area (Å²) in [6.07, 6.45) is 0.343. The summed E-state index contributed by atoms with van der Waals surface area (Å²) in [5.74, 6) is 1.41. The van der Waals surface area contributed by atoms with Crippen molar-refractivity contribution in [3.05, 3.63) is 58.6 Å². The number of nitrogens with one attached hydrogen (secondary N) is 3. The first-order valence-electron chi connectivity index (χ1n) is 8.23. The smallest absolute Gasteiger partial charge is 0.226 e. The molecule has 2 aromatic rings. The number of hydrogen-bond donors (Lipinski definition) is 3. The van der Waals surface area contributed by atoms with Crippen LogP contribution in [0.4, 0.5) is 5.69 Å². The van der Waals surface area contributed by atoms with Gasteiger partial charge in [-0.05, 0) is 42.0 Å². The quantitative estimate of drug-likeness (QED) is 0.281. The number of rotatable bonds is 7. The molecule has 0 aliphatic rings. The highest BCUT2D eigenvalue weighted by molar-refractivity contribution is 14.0. The van der Waals surface area contributed by atoms with Crippen LogP contribution in [0.25, 0.3) is 0 Å². The summed E-state index contributed by atoms with van der Waals surface area (Å²) in [4.78, 5) is 16.1. The molecule has 27 heavy (non-hydrogen) atoms. The molecule has 6 nitrogen and oxygen atoms in total. The number of ether oxygens (including phenoxy) is 1. The van der Waals surface area contributed by atoms with Crippen molar-refractivity contribution in [3.63, 3.8) is 0 Å². The fraction of sp³-hybridized carbons (Fsp3) is 0.263. The summed E-state index contributed by atoms with van der Waals surface area (Å²) in [5, 5.41) is 9.20. The summed E-state index contributed by atoms with van der Waals surface area (Å²) in [5.41, 5.74) is 1.86. The van der Waals surface area contributed by atoms with Gasteiger partial charge in [-0.25, -0.2) is 0 Å². The summed E-state index contributed by atoms with van der Waals surface area (Å²) >= 11 is 3.37. The number of hydrogen-bond acceptors (Lipinski definition) is 3. The topological polar surface area (TPSA) is 74.8 Å². The van der Waals surface area contributed by atoms with E-state index in [4.69, 9.17) is 4.74 Å². The van der Waals surface area contributed by atoms with Crippen LogP contribution < -0.4 is 20.7 Å². The molecule has 0 saturated carbocycles. The average molecular weight is 547 g/mol. The number of benzene rings is 2. The summed E-state index contributed by atoms with van der Waals surface area (Å²) in [6, 6.07) is 15.3. The molecule has 0 fully saturated rings. The second-order valence-corrected chi connectivity index (χ2v) is 6.42. The minimum Gasteiger partial charge on any atom is -0.497 e. The lowest BCUT2D eigenvalue weighted by atomic mass is 10.2. The van der Waals surface area contributed by atoms with E-state index in [1.54, 1.807) is 14.2 Å². The lowest BCUT2D eigenvalue weighted by Crippen LogP contribution is -2.38. The number of anilines is 1. The highest BCUT2D eigenvalue weighted by atomic mass is 127. The Kier molecular flexibility index (Phi) is 10.8. The average Bonchev–Trinajstić information content (AvgIpc) is 2.66. The van der Waals surface area contributed by atoms with Crippen LogP contribution in [0.15, 0.2) is 58.0 Å². The van der Waals surface area contributed by atoms with Crippen molar-refractivity contribution in [2.24, 2.45) is 4.99 Å². The van der Waals surface area contributed by atoms with Crippen molar-refractivity contribution < 1.29 is 9.53 Å². The Bertz CT molecular complexity index is 754. The molecule has 0 aliphatic heterocycles. The van der Waals surface area contributed by atoms with Gasteiger partial charge in [-0.2, -0.15) is 0 Å². The SMILES string of the molecule is CN=C(NCCC(=O)Nc1ccc(Br)cc1)NCc1cccc(OC)c1.I. The Hall–Kier alpha value is -1.81. The van der Waals surface area contributed by atoms with Gasteiger partial charge in [0.2, 0.25) is 5.91 Å². The molecule has 0 bridgehead atoms. The minimum absolute atomic E-state index is 0. The number of amides is 1. The lowest BCUT2D eigenvalue weighted by molar-refractivity contribution is -0.116. The molecule has 0 aliphatic carbocycles. The van der Waals surface area contributed by atoms with Gasteiger partial charge in [-0.3, -0.25) is 9.79 Å². The fourth-order valence-electron chi connectivity index (χ4n) is 2.24. The maximum absolute atomic E-state index is 12.0. The molecule has 0 aromatic heterocycles. The van der Waals surface area contributed by atoms with E-state index in [1.165, 1.54) is 0 Å². The second kappa shape index (κ2) is 12.6. The van der Waals surface area contributed by atoms with Gasteiger partial charge >= 0.3 is 0 Å². The number of nitrogens with zero attached hydrogens (tertiary/aromatic N) is 1. The van der Waals surface area contributed by atoms with E-state index in [0.717, 1.165) is 21.5 Å². The number of halogens is 2. The lowest BCUT2D eigenvalue weighted by Gasteiger charge is -2.12. The molecular formula is C19H24BrIN4O2. The molecule has 1 amide bonds. The molecule has 0 saturated heterocycles. The van der Waals surface area contributed by atoms with E-state index < -0.39 is 0 Å². The molecule has 3 N–H and O–H groups in total. The van der Waals surface area contributed by atoms with Crippen LogP contribution in [-0.2, 0) is 11.3 Å². The van der Waals surface area contributed by atoms with Gasteiger partial charge in [-0.15, -0.1) is 24.0 Å². The predicted octanol–water partition coefficient (Wildman–Crippen LogP) is 3.77. The van der Waals surface area contributed by atoms with E-state index in [-0.39, 0.29) is 29.9 Å². The standard InChI is InChI=1S/C19H23BrN4O2.HI/c1-21-19(23-13-14-4-3-5-17(12-14)26-2)22-11-10-18(25)24-16-8-6-15(20)7-9-16;/h3-9,12H,10-11,13H2,1-2H3,(H,24,25)(H2,21,22,23);1H. The Labute approximate surface area is 185 Å². The summed E-state index contributed by atoms with van der Waals surface area (Å²) < 4.78 is 6.19. The van der Waals surface area contributed by atoms with Crippen LogP contribution in [-0.4, -0.2) is 32.6 Å². The predicted molar refractivity (Wildman–Crippen MR) is 124 cm³/mol. The van der Waals surface area contributed by atoms with Crippen molar-refractivity contribution in [2.75, 3.05) is 26.0 Å². The number of carbonyl (C=O) groups excluding carboxylic acids is 1. The maximum atomic E-state index is 12.0. The molecule has 2 aromatic carbocycles. The molecule has 8 heteroatoms. The summed E-state index contributed by atoms with van der Waals surface area (Å²) in [6.45, 7) is 1.10. The van der Waals surface area contributed by atoms with Crippen LogP contribution >= 0.6 is 39.9 Å². The molecule has 0 heterocycles. The van der Waals surface area contributed by atoms with Crippen LogP contribution in [0.5, 0.6) is 5.75 Å². The normalized spacial score (nSPS) is 10.6. The van der Waals surface area contributed by atoms with Crippen LogP contribution in [0.2, 0.25) is 0 Å². The van der Waals surface area contributed by atoms with Gasteiger partial charge in [0.1, 0.15) is 5.75 Å². The zero-order chi connectivity index (χ0) is 18.8. The first-order valence-corrected chi connectivity index (χ1v) is 9.03. The van der Waals surface area contributed by atoms with Gasteiger partial charge in [0.25, 0.3) is 0 Å². The van der Waals surface area contributed by atoms with Crippen LogP contribution in [0, 0.1) is 0 Å². The van der Waals surface area contributed by atoms with Crippen molar-refractivity contribution in [1.29, 1.82) is 0 Å². The number of methoxy groups -OCH3 is 1. The summed E-state index contributed by atoms with van der Waals surface area (Å²) in [7, 11) is 3.34. The van der Waals surface area contributed by atoms with E-state index in [9.17, 15) is 4.79 Å². The van der Waals surface area contributed by atoms with E-state index in [0.29, 0.717) is 25.5 Å². The third kappa shape index (κ3) is 8.61. The molecule has 2 rings (SSSR count). The Morgan fingerprint density at radius 1 is 1.15 bits per heavy atom. The van der Waals surface area contributed by atoms with Crippen LogP contribution in [0.1, 0.15) is 12.0 Å². The van der Waals surface area contributed by atoms with Gasteiger partial charge in [-0.1, -0.05) is 28.1 Å². The van der Waals surface area contributed by atoms with Gasteiger partial charge in [0, 0.05) is 36.7 Å². The van der Waals surface area contributed by atoms with Gasteiger partial charge in [0.15, 0.2) is 5.96 Å². The number of aliphatic imine (C=N–C) groups is 1. The number of carbonyl (C=O) groups is 1. The molecule has 0 radical (unpaired) electrons. The van der Waals surface area contributed by atoms with Gasteiger partial charge in [0.05, 0.1) is 7.11 Å². The first kappa shape index (κ1) is 23.2. The Balaban J connectivity index is 0.00000364. The van der Waals surface area contributed by atoms with E-state index in [1.807, 2.05) is 48.5 Å². The van der Waals surface area contributed by atoms with Crippen molar-refractivity contribution >= 4 is 57.5 Å². The molecule has 0 atom stereocenters. The zero-order valence-corrected chi connectivity index (χ0v) is 19.2. The van der Waals surface area contributed by atoms with Crippen molar-refractivity contribution in [2.45, 2.75) is 13.0 Å². The van der Waals surface area contributed by atoms with Crippen molar-refractivity contribution in [1.82, 2.24) is 10.6 Å². The zero-order valence-electron chi connectivity index (χ0n) is 15.3. The maximum Gasteiger partial charge on any atom is 0.226 e. The molecule has 0 spiro atoms. The third-order valence-electron chi connectivity index (χ3n) is 3.59. The molecular weight excluding hydrogens is 523 g/mol. The first-order chi connectivity index (χ1) is 12.6. The Morgan fingerprint density at radius 3 is 2.56 bits per heavy atom. The molecule has 0 unspecified atom stereocenters. The minimum atomic E-state index is -0.0527. The highest BCUT2D eigenvalue weighted by Crippen LogP contribution is 2.14. The Morgan fingerprint density at radius 2 is 1.89 bits per heavy atom. The third-order valence-corrected chi connectivity index (χ3v) is 4.12. The largest absolute Gasteiger partial charge is 0.497 e. The van der Waals surface area contributed by atoms with Gasteiger partial charge < -0.3 is 20.7 Å². The fourth-order valence-corrected chi connectivity index (χ4v) is 2.50. The second-order valence-electron chi connectivity index (χ2n) is 5.51. The molecule has 146 valence electrons. The van der Waals surface area contributed by atoms with E-state index in [2.05, 4.69) is 36.9 Å². The van der Waals surface area contributed by atoms with Crippen LogP contribution in [0.3, 0.4) is 0 Å². The highest BCUT2D eigenvalue weighted by Gasteiger charge is 2.04.